The summed E-state index contributed by atoms with van der Waals surface area (Å²) >= 11 is 0. The number of aromatic nitrogens is 4. The number of nitrogens with zero attached hydrogens (tertiary/aromatic N) is 4. The van der Waals surface area contributed by atoms with E-state index in [0.717, 1.165) is 66.9 Å². The molecule has 0 N–H and O–H groups in total. The number of pyridine rings is 4. The lowest BCUT2D eigenvalue weighted by atomic mass is 9.94. The van der Waals surface area contributed by atoms with Crippen molar-refractivity contribution >= 4 is 32.4 Å². The van der Waals surface area contributed by atoms with Crippen LogP contribution in [-0.2, 0) is 0 Å². The molecule has 0 radical (unpaired) electrons. The van der Waals surface area contributed by atoms with Crippen molar-refractivity contribution < 1.29 is 0 Å². The van der Waals surface area contributed by atoms with Crippen LogP contribution < -0.4 is 0 Å². The zero-order valence-corrected chi connectivity index (χ0v) is 26.0. The molecule has 0 bridgehead atoms. The van der Waals surface area contributed by atoms with Crippen molar-refractivity contribution in [2.45, 2.75) is 0 Å². The predicted molar refractivity (Wildman–Crippen MR) is 197 cm³/mol. The third-order valence-electron chi connectivity index (χ3n) is 9.02. The molecule has 4 nitrogen and oxygen atoms in total. The first-order valence-corrected chi connectivity index (χ1v) is 16.0. The minimum atomic E-state index is 0.872. The van der Waals surface area contributed by atoms with Crippen molar-refractivity contribution in [3.05, 3.63) is 170 Å². The number of benzene rings is 5. The third kappa shape index (κ3) is 4.97. The Balaban J connectivity index is 1.13. The first-order valence-electron chi connectivity index (χ1n) is 16.0. The van der Waals surface area contributed by atoms with Crippen LogP contribution >= 0.6 is 0 Å². The molecule has 48 heavy (non-hydrogen) atoms. The summed E-state index contributed by atoms with van der Waals surface area (Å²) in [5.41, 5.74) is 11.3. The van der Waals surface area contributed by atoms with Gasteiger partial charge in [-0.05, 0) is 81.6 Å². The molecule has 0 unspecified atom stereocenters. The van der Waals surface area contributed by atoms with E-state index >= 15 is 0 Å². The zero-order chi connectivity index (χ0) is 31.9. The van der Waals surface area contributed by atoms with E-state index in [1.54, 1.807) is 12.4 Å². The van der Waals surface area contributed by atoms with Crippen LogP contribution in [0.1, 0.15) is 0 Å². The van der Waals surface area contributed by atoms with Crippen LogP contribution in [0.4, 0.5) is 0 Å². The molecule has 0 aliphatic rings. The molecule has 0 saturated heterocycles. The van der Waals surface area contributed by atoms with E-state index in [1.807, 2.05) is 36.7 Å². The Morgan fingerprint density at radius 2 is 0.979 bits per heavy atom. The van der Waals surface area contributed by atoms with E-state index in [1.165, 1.54) is 21.5 Å². The second-order valence-corrected chi connectivity index (χ2v) is 12.0. The summed E-state index contributed by atoms with van der Waals surface area (Å²) in [6.07, 6.45) is 7.27. The summed E-state index contributed by atoms with van der Waals surface area (Å²) in [6, 6.07) is 51.2. The molecule has 0 saturated carbocycles. The Labute approximate surface area is 278 Å². The molecule has 0 spiro atoms. The highest BCUT2D eigenvalue weighted by Crippen LogP contribution is 2.38. The van der Waals surface area contributed by atoms with Crippen LogP contribution in [0.2, 0.25) is 0 Å². The molecule has 9 rings (SSSR count). The fraction of sp³-hybridized carbons (Fsp3) is 0. The molecular formula is C44H28N4. The average molecular weight is 613 g/mol. The van der Waals surface area contributed by atoms with Gasteiger partial charge in [0.25, 0.3) is 0 Å². The minimum Gasteiger partial charge on any atom is -0.264 e. The SMILES string of the molecule is c1cc(-c2ccc(-c3nc4ccccc4c4c3ccc3ccccc34)cc2)cc(-c2cc(-c3cccnc3)nc(-c3cccnc3)c2)c1. The number of para-hydroxylation sites is 1. The maximum absolute atomic E-state index is 5.19. The lowest BCUT2D eigenvalue weighted by molar-refractivity contribution is 1.26. The molecule has 5 aromatic carbocycles. The van der Waals surface area contributed by atoms with Gasteiger partial charge in [-0.2, -0.15) is 0 Å². The maximum atomic E-state index is 5.19. The van der Waals surface area contributed by atoms with E-state index < -0.39 is 0 Å². The second kappa shape index (κ2) is 11.7. The van der Waals surface area contributed by atoms with Gasteiger partial charge in [-0.3, -0.25) is 9.97 Å². The Kier molecular flexibility index (Phi) is 6.76. The summed E-state index contributed by atoms with van der Waals surface area (Å²) in [7, 11) is 0. The van der Waals surface area contributed by atoms with Crippen molar-refractivity contribution in [2.24, 2.45) is 0 Å². The third-order valence-corrected chi connectivity index (χ3v) is 9.02. The zero-order valence-electron chi connectivity index (χ0n) is 26.0. The fourth-order valence-corrected chi connectivity index (χ4v) is 6.66. The van der Waals surface area contributed by atoms with Crippen LogP contribution in [0.3, 0.4) is 0 Å². The molecular weight excluding hydrogens is 585 g/mol. The van der Waals surface area contributed by atoms with Crippen molar-refractivity contribution in [1.29, 1.82) is 0 Å². The molecule has 0 aliphatic heterocycles. The lowest BCUT2D eigenvalue weighted by Gasteiger charge is -2.13. The van der Waals surface area contributed by atoms with Gasteiger partial charge in [-0.25, -0.2) is 9.97 Å². The lowest BCUT2D eigenvalue weighted by Crippen LogP contribution is -1.92. The largest absolute Gasteiger partial charge is 0.264 e. The van der Waals surface area contributed by atoms with Crippen LogP contribution in [0.25, 0.3) is 88.5 Å². The summed E-state index contributed by atoms with van der Waals surface area (Å²) in [5.74, 6) is 0. The van der Waals surface area contributed by atoms with Gasteiger partial charge >= 0.3 is 0 Å². The molecule has 4 aromatic heterocycles. The molecule has 224 valence electrons. The van der Waals surface area contributed by atoms with Gasteiger partial charge in [0, 0.05) is 57.6 Å². The molecule has 0 amide bonds. The summed E-state index contributed by atoms with van der Waals surface area (Å²) in [4.78, 5) is 18.9. The average Bonchev–Trinajstić information content (AvgIpc) is 3.18. The van der Waals surface area contributed by atoms with Crippen molar-refractivity contribution in [1.82, 2.24) is 19.9 Å². The standard InChI is InChI=1S/C44H28N4/c1-2-13-37-30(8-1)20-21-39-43(37)38-14-3-4-15-40(38)48-44(39)31-18-16-29(17-19-31)32-9-5-10-33(24-32)36-25-41(34-11-6-22-45-27-34)47-42(26-36)35-12-7-23-46-28-35/h1-28H. The molecule has 0 fully saturated rings. The van der Waals surface area contributed by atoms with Gasteiger partial charge in [-0.15, -0.1) is 0 Å². The monoisotopic (exact) mass is 612 g/mol. The van der Waals surface area contributed by atoms with E-state index in [-0.39, 0.29) is 0 Å². The Morgan fingerprint density at radius 3 is 1.69 bits per heavy atom. The van der Waals surface area contributed by atoms with Gasteiger partial charge in [0.2, 0.25) is 0 Å². The summed E-state index contributed by atoms with van der Waals surface area (Å²) in [6.45, 7) is 0. The van der Waals surface area contributed by atoms with Crippen LogP contribution in [-0.4, -0.2) is 19.9 Å². The highest BCUT2D eigenvalue weighted by molar-refractivity contribution is 6.22. The minimum absolute atomic E-state index is 0.872. The highest BCUT2D eigenvalue weighted by Gasteiger charge is 2.14. The van der Waals surface area contributed by atoms with Crippen LogP contribution in [0.15, 0.2) is 170 Å². The van der Waals surface area contributed by atoms with Gasteiger partial charge < -0.3 is 0 Å². The maximum Gasteiger partial charge on any atom is 0.0788 e. The van der Waals surface area contributed by atoms with E-state index in [9.17, 15) is 0 Å². The number of fused-ring (bicyclic) bond motifs is 5. The second-order valence-electron chi connectivity index (χ2n) is 12.0. The Morgan fingerprint density at radius 1 is 0.354 bits per heavy atom. The normalized spacial score (nSPS) is 11.3. The summed E-state index contributed by atoms with van der Waals surface area (Å²) in [5, 5.41) is 6.07. The fourth-order valence-electron chi connectivity index (χ4n) is 6.66. The van der Waals surface area contributed by atoms with Crippen LogP contribution in [0, 0.1) is 0 Å². The van der Waals surface area contributed by atoms with Gasteiger partial charge in [0.1, 0.15) is 0 Å². The van der Waals surface area contributed by atoms with E-state index in [0.29, 0.717) is 0 Å². The first kappa shape index (κ1) is 27.8. The van der Waals surface area contributed by atoms with E-state index in [4.69, 9.17) is 9.97 Å². The van der Waals surface area contributed by atoms with E-state index in [2.05, 4.69) is 131 Å². The van der Waals surface area contributed by atoms with Gasteiger partial charge in [0.15, 0.2) is 0 Å². The topological polar surface area (TPSA) is 51.6 Å². The number of rotatable bonds is 5. The van der Waals surface area contributed by atoms with Crippen molar-refractivity contribution in [3.63, 3.8) is 0 Å². The molecule has 0 atom stereocenters. The first-order chi connectivity index (χ1) is 23.8. The van der Waals surface area contributed by atoms with Crippen LogP contribution in [0.5, 0.6) is 0 Å². The highest BCUT2D eigenvalue weighted by atomic mass is 14.7. The Hall–Kier alpha value is -6.52. The smallest absolute Gasteiger partial charge is 0.0788 e. The Bertz CT molecular complexity index is 2520. The van der Waals surface area contributed by atoms with Crippen molar-refractivity contribution in [2.75, 3.05) is 0 Å². The number of hydrogen-bond acceptors (Lipinski definition) is 4. The quantitative estimate of drug-likeness (QED) is 0.181. The molecule has 4 heterocycles. The molecule has 4 heteroatoms. The van der Waals surface area contributed by atoms with Gasteiger partial charge in [0.05, 0.1) is 22.6 Å². The van der Waals surface area contributed by atoms with Gasteiger partial charge in [-0.1, -0.05) is 97.1 Å². The van der Waals surface area contributed by atoms with Crippen molar-refractivity contribution in [3.8, 4) is 56.0 Å². The number of hydrogen-bond donors (Lipinski definition) is 0. The molecule has 0 aliphatic carbocycles. The molecule has 9 aromatic rings. The predicted octanol–water partition coefficient (Wildman–Crippen LogP) is 11.1. The summed E-state index contributed by atoms with van der Waals surface area (Å²) < 4.78 is 0.